The number of aryl methyl sites for hydroxylation is 2. The number of carbonyl (C=O) groups excluding carboxylic acids is 1. The van der Waals surface area contributed by atoms with E-state index in [4.69, 9.17) is 5.11 Å². The molecule has 1 aliphatic rings. The van der Waals surface area contributed by atoms with Gasteiger partial charge in [0, 0.05) is 25.6 Å². The molecule has 4 heteroatoms. The standard InChI is InChI=1S/C16H21NO3/c1-17-14-9-7-12(5-3-2-4-6-16(19)20)11-13(14)8-10-15(17)18/h7,9,11H,2-6,8,10H2,1H3,(H,19,20). The summed E-state index contributed by atoms with van der Waals surface area (Å²) in [4.78, 5) is 23.8. The molecule has 0 aromatic heterocycles. The van der Waals surface area contributed by atoms with E-state index < -0.39 is 5.97 Å². The Kier molecular flexibility index (Phi) is 4.77. The highest BCUT2D eigenvalue weighted by molar-refractivity contribution is 5.95. The van der Waals surface area contributed by atoms with E-state index in [1.54, 1.807) is 4.90 Å². The van der Waals surface area contributed by atoms with Gasteiger partial charge in [0.2, 0.25) is 5.91 Å². The van der Waals surface area contributed by atoms with Crippen LogP contribution in [0.4, 0.5) is 5.69 Å². The van der Waals surface area contributed by atoms with Gasteiger partial charge in [0.05, 0.1) is 0 Å². The zero-order valence-electron chi connectivity index (χ0n) is 11.9. The van der Waals surface area contributed by atoms with Crippen LogP contribution in [0.2, 0.25) is 0 Å². The van der Waals surface area contributed by atoms with Crippen molar-refractivity contribution in [2.45, 2.75) is 44.9 Å². The van der Waals surface area contributed by atoms with E-state index in [-0.39, 0.29) is 12.3 Å². The van der Waals surface area contributed by atoms with Crippen LogP contribution >= 0.6 is 0 Å². The molecule has 0 spiro atoms. The van der Waals surface area contributed by atoms with Crippen LogP contribution in [0.15, 0.2) is 18.2 Å². The number of nitrogens with zero attached hydrogens (tertiary/aromatic N) is 1. The van der Waals surface area contributed by atoms with Gasteiger partial charge in [-0.3, -0.25) is 9.59 Å². The Morgan fingerprint density at radius 3 is 2.80 bits per heavy atom. The number of fused-ring (bicyclic) bond motifs is 1. The SMILES string of the molecule is CN1C(=O)CCc2cc(CCCCCC(=O)O)ccc21. The number of hydrogen-bond acceptors (Lipinski definition) is 2. The van der Waals surface area contributed by atoms with E-state index in [0.29, 0.717) is 6.42 Å². The molecule has 1 aromatic rings. The molecule has 0 bridgehead atoms. The Hall–Kier alpha value is -1.84. The Balaban J connectivity index is 1.88. The lowest BCUT2D eigenvalue weighted by Gasteiger charge is -2.26. The molecular weight excluding hydrogens is 254 g/mol. The minimum Gasteiger partial charge on any atom is -0.481 e. The van der Waals surface area contributed by atoms with Crippen LogP contribution < -0.4 is 4.90 Å². The quantitative estimate of drug-likeness (QED) is 0.812. The van der Waals surface area contributed by atoms with Gasteiger partial charge in [-0.15, -0.1) is 0 Å². The van der Waals surface area contributed by atoms with Gasteiger partial charge in [-0.1, -0.05) is 18.6 Å². The highest BCUT2D eigenvalue weighted by Gasteiger charge is 2.20. The molecule has 1 amide bonds. The number of carboxylic acids is 1. The van der Waals surface area contributed by atoms with Crippen molar-refractivity contribution < 1.29 is 14.7 Å². The van der Waals surface area contributed by atoms with Gasteiger partial charge in [0.15, 0.2) is 0 Å². The Labute approximate surface area is 119 Å². The Morgan fingerprint density at radius 1 is 1.25 bits per heavy atom. The second-order valence-corrected chi connectivity index (χ2v) is 5.37. The number of hydrogen-bond donors (Lipinski definition) is 1. The molecular formula is C16H21NO3. The van der Waals surface area contributed by atoms with Crippen LogP contribution in [0.25, 0.3) is 0 Å². The first-order chi connectivity index (χ1) is 9.58. The number of carboxylic acid groups (broad SMARTS) is 1. The number of anilines is 1. The van der Waals surface area contributed by atoms with E-state index >= 15 is 0 Å². The summed E-state index contributed by atoms with van der Waals surface area (Å²) in [6, 6.07) is 6.29. The van der Waals surface area contributed by atoms with Crippen molar-refractivity contribution in [1.82, 2.24) is 0 Å². The zero-order chi connectivity index (χ0) is 14.5. The summed E-state index contributed by atoms with van der Waals surface area (Å²) >= 11 is 0. The van der Waals surface area contributed by atoms with Gasteiger partial charge in [0.25, 0.3) is 0 Å². The minimum atomic E-state index is -0.716. The topological polar surface area (TPSA) is 57.6 Å². The van der Waals surface area contributed by atoms with Gasteiger partial charge in [-0.2, -0.15) is 0 Å². The number of aliphatic carboxylic acids is 1. The molecule has 4 nitrogen and oxygen atoms in total. The minimum absolute atomic E-state index is 0.180. The lowest BCUT2D eigenvalue weighted by atomic mass is 9.97. The van der Waals surface area contributed by atoms with Crippen molar-refractivity contribution in [2.24, 2.45) is 0 Å². The second-order valence-electron chi connectivity index (χ2n) is 5.37. The third-order valence-electron chi connectivity index (χ3n) is 3.84. The van der Waals surface area contributed by atoms with E-state index in [9.17, 15) is 9.59 Å². The van der Waals surface area contributed by atoms with Crippen molar-refractivity contribution in [3.63, 3.8) is 0 Å². The maximum absolute atomic E-state index is 11.6. The van der Waals surface area contributed by atoms with E-state index in [1.807, 2.05) is 13.1 Å². The fraction of sp³-hybridized carbons (Fsp3) is 0.500. The molecule has 0 saturated carbocycles. The molecule has 0 aliphatic carbocycles. The van der Waals surface area contributed by atoms with Crippen LogP contribution in [0.5, 0.6) is 0 Å². The Bertz CT molecular complexity index is 510. The molecule has 0 fully saturated rings. The van der Waals surface area contributed by atoms with Gasteiger partial charge in [-0.05, 0) is 42.9 Å². The van der Waals surface area contributed by atoms with Crippen molar-refractivity contribution in [3.8, 4) is 0 Å². The highest BCUT2D eigenvalue weighted by Crippen LogP contribution is 2.28. The lowest BCUT2D eigenvalue weighted by molar-refractivity contribution is -0.137. The van der Waals surface area contributed by atoms with Crippen LogP contribution in [0.3, 0.4) is 0 Å². The van der Waals surface area contributed by atoms with E-state index in [2.05, 4.69) is 12.1 Å². The highest BCUT2D eigenvalue weighted by atomic mass is 16.4. The van der Waals surface area contributed by atoms with Crippen molar-refractivity contribution in [2.75, 3.05) is 11.9 Å². The molecule has 1 heterocycles. The summed E-state index contributed by atoms with van der Waals surface area (Å²) in [7, 11) is 1.83. The van der Waals surface area contributed by atoms with Crippen LogP contribution in [0.1, 0.15) is 43.2 Å². The summed E-state index contributed by atoms with van der Waals surface area (Å²) in [6.07, 6.45) is 5.36. The van der Waals surface area contributed by atoms with E-state index in [1.165, 1.54) is 11.1 Å². The van der Waals surface area contributed by atoms with E-state index in [0.717, 1.165) is 37.8 Å². The van der Waals surface area contributed by atoms with Gasteiger partial charge in [-0.25, -0.2) is 0 Å². The number of unbranched alkanes of at least 4 members (excludes halogenated alkanes) is 2. The third kappa shape index (κ3) is 3.59. The summed E-state index contributed by atoms with van der Waals surface area (Å²) in [5.41, 5.74) is 3.55. The molecule has 108 valence electrons. The summed E-state index contributed by atoms with van der Waals surface area (Å²) < 4.78 is 0. The number of amides is 1. The van der Waals surface area contributed by atoms with Crippen molar-refractivity contribution >= 4 is 17.6 Å². The molecule has 0 unspecified atom stereocenters. The smallest absolute Gasteiger partial charge is 0.303 e. The van der Waals surface area contributed by atoms with Crippen LogP contribution in [0, 0.1) is 0 Å². The molecule has 0 atom stereocenters. The van der Waals surface area contributed by atoms with Gasteiger partial charge >= 0.3 is 5.97 Å². The fourth-order valence-corrected chi connectivity index (χ4v) is 2.65. The van der Waals surface area contributed by atoms with Gasteiger partial charge < -0.3 is 10.0 Å². The largest absolute Gasteiger partial charge is 0.481 e. The third-order valence-corrected chi connectivity index (χ3v) is 3.84. The molecule has 0 radical (unpaired) electrons. The molecule has 1 aromatic carbocycles. The summed E-state index contributed by atoms with van der Waals surface area (Å²) in [5.74, 6) is -0.537. The lowest BCUT2D eigenvalue weighted by Crippen LogP contribution is -2.31. The predicted octanol–water partition coefficient (Wildman–Crippen LogP) is 2.78. The zero-order valence-corrected chi connectivity index (χ0v) is 11.9. The molecule has 1 aliphatic heterocycles. The first-order valence-corrected chi connectivity index (χ1v) is 7.18. The second kappa shape index (κ2) is 6.55. The maximum atomic E-state index is 11.6. The molecule has 20 heavy (non-hydrogen) atoms. The maximum Gasteiger partial charge on any atom is 0.303 e. The van der Waals surface area contributed by atoms with Gasteiger partial charge in [0.1, 0.15) is 0 Å². The monoisotopic (exact) mass is 275 g/mol. The van der Waals surface area contributed by atoms with Crippen molar-refractivity contribution in [1.29, 1.82) is 0 Å². The van der Waals surface area contributed by atoms with Crippen LogP contribution in [-0.2, 0) is 22.4 Å². The average molecular weight is 275 g/mol. The first kappa shape index (κ1) is 14.6. The first-order valence-electron chi connectivity index (χ1n) is 7.18. The molecule has 0 saturated heterocycles. The predicted molar refractivity (Wildman–Crippen MR) is 78.0 cm³/mol. The average Bonchev–Trinajstić information content (AvgIpc) is 2.42. The van der Waals surface area contributed by atoms with Crippen molar-refractivity contribution in [3.05, 3.63) is 29.3 Å². The number of rotatable bonds is 6. The Morgan fingerprint density at radius 2 is 2.05 bits per heavy atom. The normalized spacial score (nSPS) is 14.2. The number of benzene rings is 1. The fourth-order valence-electron chi connectivity index (χ4n) is 2.65. The summed E-state index contributed by atoms with van der Waals surface area (Å²) in [5, 5.41) is 8.58. The molecule has 1 N–H and O–H groups in total. The van der Waals surface area contributed by atoms with Crippen LogP contribution in [-0.4, -0.2) is 24.0 Å². The molecule has 2 rings (SSSR count). The summed E-state index contributed by atoms with van der Waals surface area (Å²) in [6.45, 7) is 0. The number of carbonyl (C=O) groups is 2.